The van der Waals surface area contributed by atoms with E-state index in [1.54, 1.807) is 13.0 Å². The van der Waals surface area contributed by atoms with Crippen LogP contribution in [0.3, 0.4) is 0 Å². The SMILES string of the molecule is Cc1cccc([N+](=O)[O-])c1S(=O)(=O)N1CCCC[C@@H]1Cc1ccccc1. The Kier molecular flexibility index (Phi) is 5.38. The number of hydrogen-bond donors (Lipinski definition) is 0. The molecule has 6 nitrogen and oxygen atoms in total. The minimum Gasteiger partial charge on any atom is -0.258 e. The zero-order chi connectivity index (χ0) is 18.7. The highest BCUT2D eigenvalue weighted by molar-refractivity contribution is 7.89. The van der Waals surface area contributed by atoms with Gasteiger partial charge in [-0.05, 0) is 37.3 Å². The Hall–Kier alpha value is -2.25. The van der Waals surface area contributed by atoms with Crippen LogP contribution in [0.25, 0.3) is 0 Å². The first-order chi connectivity index (χ1) is 12.4. The molecule has 26 heavy (non-hydrogen) atoms. The molecule has 138 valence electrons. The van der Waals surface area contributed by atoms with E-state index in [-0.39, 0.29) is 16.6 Å². The fraction of sp³-hybridized carbons (Fsp3) is 0.368. The maximum absolute atomic E-state index is 13.4. The molecule has 0 unspecified atom stereocenters. The van der Waals surface area contributed by atoms with Gasteiger partial charge in [0, 0.05) is 18.7 Å². The van der Waals surface area contributed by atoms with Gasteiger partial charge in [-0.1, -0.05) is 48.9 Å². The fourth-order valence-electron chi connectivity index (χ4n) is 3.61. The number of hydrogen-bond acceptors (Lipinski definition) is 4. The van der Waals surface area contributed by atoms with Crippen LogP contribution in [0.15, 0.2) is 53.4 Å². The van der Waals surface area contributed by atoms with E-state index in [2.05, 4.69) is 0 Å². The van der Waals surface area contributed by atoms with Crippen LogP contribution in [0.4, 0.5) is 5.69 Å². The molecule has 1 saturated heterocycles. The van der Waals surface area contributed by atoms with Crippen molar-refractivity contribution in [2.24, 2.45) is 0 Å². The molecule has 1 aliphatic heterocycles. The Balaban J connectivity index is 2.01. The second-order valence-corrected chi connectivity index (χ2v) is 8.46. The second-order valence-electron chi connectivity index (χ2n) is 6.64. The van der Waals surface area contributed by atoms with E-state index in [1.807, 2.05) is 30.3 Å². The van der Waals surface area contributed by atoms with Gasteiger partial charge in [-0.15, -0.1) is 0 Å². The van der Waals surface area contributed by atoms with E-state index < -0.39 is 14.9 Å². The van der Waals surface area contributed by atoms with Gasteiger partial charge in [-0.3, -0.25) is 10.1 Å². The minimum absolute atomic E-state index is 0.176. The lowest BCUT2D eigenvalue weighted by atomic mass is 9.98. The highest BCUT2D eigenvalue weighted by Gasteiger charge is 2.38. The summed E-state index contributed by atoms with van der Waals surface area (Å²) in [6.07, 6.45) is 3.09. The third-order valence-electron chi connectivity index (χ3n) is 4.84. The van der Waals surface area contributed by atoms with Crippen LogP contribution in [0, 0.1) is 17.0 Å². The summed E-state index contributed by atoms with van der Waals surface area (Å²) in [5.41, 5.74) is 1.12. The smallest absolute Gasteiger partial charge is 0.258 e. The summed E-state index contributed by atoms with van der Waals surface area (Å²) in [4.78, 5) is 10.6. The van der Waals surface area contributed by atoms with Crippen molar-refractivity contribution >= 4 is 15.7 Å². The van der Waals surface area contributed by atoms with Crippen molar-refractivity contribution in [3.05, 3.63) is 69.8 Å². The van der Waals surface area contributed by atoms with Crippen LogP contribution in [0.5, 0.6) is 0 Å². The Bertz CT molecular complexity index is 897. The number of nitro benzene ring substituents is 1. The van der Waals surface area contributed by atoms with Gasteiger partial charge in [0.15, 0.2) is 4.90 Å². The quantitative estimate of drug-likeness (QED) is 0.590. The van der Waals surface area contributed by atoms with Gasteiger partial charge in [0.25, 0.3) is 5.69 Å². The molecule has 0 spiro atoms. The summed E-state index contributed by atoms with van der Waals surface area (Å²) in [7, 11) is -3.95. The van der Waals surface area contributed by atoms with Crippen LogP contribution in [0.2, 0.25) is 0 Å². The number of sulfonamides is 1. The average molecular weight is 374 g/mol. The molecule has 0 amide bonds. The molecular formula is C19H22N2O4S. The molecule has 0 bridgehead atoms. The van der Waals surface area contributed by atoms with E-state index in [4.69, 9.17) is 0 Å². The second kappa shape index (κ2) is 7.55. The molecule has 0 saturated carbocycles. The van der Waals surface area contributed by atoms with Crippen LogP contribution >= 0.6 is 0 Å². The first kappa shape index (κ1) is 18.5. The molecule has 3 rings (SSSR count). The summed E-state index contributed by atoms with van der Waals surface area (Å²) in [5, 5.41) is 11.4. The van der Waals surface area contributed by atoms with Gasteiger partial charge in [0.2, 0.25) is 10.0 Å². The lowest BCUT2D eigenvalue weighted by molar-refractivity contribution is -0.387. The minimum atomic E-state index is -3.95. The van der Waals surface area contributed by atoms with Crippen molar-refractivity contribution < 1.29 is 13.3 Å². The van der Waals surface area contributed by atoms with Crippen LogP contribution in [-0.2, 0) is 16.4 Å². The van der Waals surface area contributed by atoms with Crippen LogP contribution in [-0.4, -0.2) is 30.2 Å². The standard InChI is InChI=1S/C19H22N2O4S/c1-15-8-7-12-18(21(22)23)19(15)26(24,25)20-13-6-5-11-17(20)14-16-9-3-2-4-10-16/h2-4,7-10,12,17H,5-6,11,13-14H2,1H3/t17-/m1/s1. The van der Waals surface area contributed by atoms with E-state index >= 15 is 0 Å². The highest BCUT2D eigenvalue weighted by atomic mass is 32.2. The van der Waals surface area contributed by atoms with Gasteiger partial charge in [-0.25, -0.2) is 8.42 Å². The highest BCUT2D eigenvalue weighted by Crippen LogP contribution is 2.34. The molecule has 7 heteroatoms. The Morgan fingerprint density at radius 2 is 1.85 bits per heavy atom. The molecule has 1 heterocycles. The van der Waals surface area contributed by atoms with E-state index in [9.17, 15) is 18.5 Å². The summed E-state index contributed by atoms with van der Waals surface area (Å²) >= 11 is 0. The Morgan fingerprint density at radius 3 is 2.54 bits per heavy atom. The number of piperidine rings is 1. The number of nitrogens with zero attached hydrogens (tertiary/aromatic N) is 2. The topological polar surface area (TPSA) is 80.5 Å². The molecule has 0 aromatic heterocycles. The zero-order valence-corrected chi connectivity index (χ0v) is 15.5. The van der Waals surface area contributed by atoms with Crippen molar-refractivity contribution in [3.63, 3.8) is 0 Å². The van der Waals surface area contributed by atoms with Crippen LogP contribution < -0.4 is 0 Å². The molecule has 2 aromatic rings. The average Bonchev–Trinajstić information content (AvgIpc) is 2.62. The molecule has 0 aliphatic carbocycles. The zero-order valence-electron chi connectivity index (χ0n) is 14.7. The summed E-state index contributed by atoms with van der Waals surface area (Å²) in [5.74, 6) is 0. The Labute approximate surface area is 153 Å². The third kappa shape index (κ3) is 3.64. The van der Waals surface area contributed by atoms with Crippen molar-refractivity contribution in [1.82, 2.24) is 4.31 Å². The molecule has 0 radical (unpaired) electrons. The maximum atomic E-state index is 13.4. The van der Waals surface area contributed by atoms with Gasteiger partial charge < -0.3 is 0 Å². The molecule has 0 N–H and O–H groups in total. The lowest BCUT2D eigenvalue weighted by Crippen LogP contribution is -2.45. The van der Waals surface area contributed by atoms with Crippen molar-refractivity contribution in [3.8, 4) is 0 Å². The molecule has 2 aromatic carbocycles. The number of benzene rings is 2. The van der Waals surface area contributed by atoms with Crippen molar-refractivity contribution in [2.45, 2.75) is 43.5 Å². The summed E-state index contributed by atoms with van der Waals surface area (Å²) in [6.45, 7) is 2.00. The van der Waals surface area contributed by atoms with Gasteiger partial charge in [0.05, 0.1) is 4.92 Å². The molecule has 1 fully saturated rings. The predicted molar refractivity (Wildman–Crippen MR) is 99.5 cm³/mol. The van der Waals surface area contributed by atoms with E-state index in [0.29, 0.717) is 18.5 Å². The molecular weight excluding hydrogens is 352 g/mol. The molecule has 1 aliphatic rings. The van der Waals surface area contributed by atoms with Gasteiger partial charge in [0.1, 0.15) is 0 Å². The Morgan fingerprint density at radius 1 is 1.12 bits per heavy atom. The van der Waals surface area contributed by atoms with Crippen LogP contribution in [0.1, 0.15) is 30.4 Å². The van der Waals surface area contributed by atoms with Crippen molar-refractivity contribution in [2.75, 3.05) is 6.54 Å². The van der Waals surface area contributed by atoms with Gasteiger partial charge >= 0.3 is 0 Å². The number of nitro groups is 1. The van der Waals surface area contributed by atoms with E-state index in [0.717, 1.165) is 24.8 Å². The lowest BCUT2D eigenvalue weighted by Gasteiger charge is -2.35. The summed E-state index contributed by atoms with van der Waals surface area (Å²) in [6, 6.07) is 14.0. The normalized spacial score (nSPS) is 18.6. The summed E-state index contributed by atoms with van der Waals surface area (Å²) < 4.78 is 28.2. The molecule has 1 atom stereocenters. The fourth-order valence-corrected chi connectivity index (χ4v) is 5.67. The van der Waals surface area contributed by atoms with Crippen molar-refractivity contribution in [1.29, 1.82) is 0 Å². The maximum Gasteiger partial charge on any atom is 0.289 e. The largest absolute Gasteiger partial charge is 0.289 e. The van der Waals surface area contributed by atoms with E-state index in [1.165, 1.54) is 16.4 Å². The predicted octanol–water partition coefficient (Wildman–Crippen LogP) is 3.69. The number of rotatable bonds is 5. The van der Waals surface area contributed by atoms with Gasteiger partial charge in [-0.2, -0.15) is 4.31 Å². The third-order valence-corrected chi connectivity index (χ3v) is 6.99. The first-order valence-corrected chi connectivity index (χ1v) is 10.1. The number of aryl methyl sites for hydroxylation is 1. The monoisotopic (exact) mass is 374 g/mol. The first-order valence-electron chi connectivity index (χ1n) is 8.71.